The Labute approximate surface area is 152 Å². The van der Waals surface area contributed by atoms with E-state index >= 15 is 0 Å². The number of carbonyl (C=O) groups is 2. The van der Waals surface area contributed by atoms with E-state index in [0.717, 1.165) is 16.7 Å². The highest BCUT2D eigenvalue weighted by Crippen LogP contribution is 2.12. The number of ether oxygens (including phenoxy) is 1. The lowest BCUT2D eigenvalue weighted by Crippen LogP contribution is -2.30. The molecule has 0 bridgehead atoms. The van der Waals surface area contributed by atoms with Crippen molar-refractivity contribution in [2.24, 2.45) is 0 Å². The van der Waals surface area contributed by atoms with Crippen molar-refractivity contribution in [3.05, 3.63) is 76.3 Å². The predicted molar refractivity (Wildman–Crippen MR) is 99.1 cm³/mol. The molecule has 130 valence electrons. The van der Waals surface area contributed by atoms with E-state index in [9.17, 15) is 9.59 Å². The number of esters is 1. The summed E-state index contributed by atoms with van der Waals surface area (Å²) in [6.45, 7) is 2.19. The highest BCUT2D eigenvalue weighted by atomic mass is 35.5. The molecule has 5 heteroatoms. The number of carbonyl (C=O) groups excluding carboxylic acids is 2. The van der Waals surface area contributed by atoms with Crippen LogP contribution in [-0.2, 0) is 20.9 Å². The van der Waals surface area contributed by atoms with E-state index in [4.69, 9.17) is 16.3 Å². The normalized spacial score (nSPS) is 10.7. The maximum atomic E-state index is 12.0. The number of hydrogen-bond donors (Lipinski definition) is 0. The Balaban J connectivity index is 1.80. The molecule has 2 aromatic rings. The Bertz CT molecular complexity index is 769. The van der Waals surface area contributed by atoms with E-state index in [2.05, 4.69) is 0 Å². The van der Waals surface area contributed by atoms with Crippen LogP contribution in [0.25, 0.3) is 6.08 Å². The van der Waals surface area contributed by atoms with Crippen LogP contribution in [-0.4, -0.2) is 30.4 Å². The highest BCUT2D eigenvalue weighted by Gasteiger charge is 2.11. The van der Waals surface area contributed by atoms with Crippen LogP contribution in [0.2, 0.25) is 5.02 Å². The van der Waals surface area contributed by atoms with Crippen molar-refractivity contribution in [1.29, 1.82) is 0 Å². The van der Waals surface area contributed by atoms with Gasteiger partial charge in [-0.3, -0.25) is 4.79 Å². The Morgan fingerprint density at radius 1 is 1.16 bits per heavy atom. The van der Waals surface area contributed by atoms with Gasteiger partial charge in [-0.1, -0.05) is 53.6 Å². The molecule has 25 heavy (non-hydrogen) atoms. The van der Waals surface area contributed by atoms with Crippen molar-refractivity contribution in [3.63, 3.8) is 0 Å². The third kappa shape index (κ3) is 6.43. The molecule has 0 atom stereocenters. The van der Waals surface area contributed by atoms with Gasteiger partial charge in [-0.25, -0.2) is 4.79 Å². The minimum absolute atomic E-state index is 0.259. The Hall–Kier alpha value is -2.59. The average molecular weight is 358 g/mol. The molecular weight excluding hydrogens is 338 g/mol. The first-order valence-corrected chi connectivity index (χ1v) is 8.22. The average Bonchev–Trinajstić information content (AvgIpc) is 2.60. The van der Waals surface area contributed by atoms with Gasteiger partial charge in [0.05, 0.1) is 0 Å². The summed E-state index contributed by atoms with van der Waals surface area (Å²) >= 11 is 5.87. The molecule has 0 saturated carbocycles. The Morgan fingerprint density at radius 2 is 1.88 bits per heavy atom. The zero-order valence-corrected chi connectivity index (χ0v) is 15.0. The smallest absolute Gasteiger partial charge is 0.331 e. The quantitative estimate of drug-likeness (QED) is 0.582. The molecular formula is C20H20ClNO3. The summed E-state index contributed by atoms with van der Waals surface area (Å²) < 4.78 is 4.98. The van der Waals surface area contributed by atoms with Crippen LogP contribution in [0.3, 0.4) is 0 Å². The van der Waals surface area contributed by atoms with Crippen molar-refractivity contribution >= 4 is 29.6 Å². The highest BCUT2D eigenvalue weighted by molar-refractivity contribution is 6.30. The first kappa shape index (κ1) is 18.7. The minimum Gasteiger partial charge on any atom is -0.452 e. The number of likely N-dealkylation sites (N-methyl/N-ethyl adjacent to an activating group) is 1. The molecule has 0 saturated heterocycles. The summed E-state index contributed by atoms with van der Waals surface area (Å²) in [5.41, 5.74) is 2.97. The number of rotatable bonds is 6. The van der Waals surface area contributed by atoms with Crippen LogP contribution >= 0.6 is 11.6 Å². The molecule has 2 aromatic carbocycles. The number of hydrogen-bond acceptors (Lipinski definition) is 3. The molecule has 0 unspecified atom stereocenters. The zero-order chi connectivity index (χ0) is 18.2. The first-order valence-electron chi connectivity index (χ1n) is 7.84. The van der Waals surface area contributed by atoms with Gasteiger partial charge in [0.1, 0.15) is 0 Å². The van der Waals surface area contributed by atoms with Crippen LogP contribution in [0.1, 0.15) is 16.7 Å². The van der Waals surface area contributed by atoms with Gasteiger partial charge in [0, 0.05) is 24.7 Å². The lowest BCUT2D eigenvalue weighted by atomic mass is 10.1. The maximum Gasteiger partial charge on any atom is 0.331 e. The van der Waals surface area contributed by atoms with Gasteiger partial charge in [-0.15, -0.1) is 0 Å². The summed E-state index contributed by atoms with van der Waals surface area (Å²) in [4.78, 5) is 25.3. The molecule has 0 aliphatic carbocycles. The molecule has 1 amide bonds. The largest absolute Gasteiger partial charge is 0.452 e. The van der Waals surface area contributed by atoms with Crippen LogP contribution < -0.4 is 0 Å². The molecule has 0 aliphatic heterocycles. The minimum atomic E-state index is -0.572. The van der Waals surface area contributed by atoms with Crippen molar-refractivity contribution < 1.29 is 14.3 Å². The van der Waals surface area contributed by atoms with Crippen molar-refractivity contribution in [2.45, 2.75) is 13.5 Å². The Kier molecular flexibility index (Phi) is 6.78. The van der Waals surface area contributed by atoms with Crippen molar-refractivity contribution in [3.8, 4) is 0 Å². The maximum absolute atomic E-state index is 12.0. The van der Waals surface area contributed by atoms with Crippen molar-refractivity contribution in [2.75, 3.05) is 13.7 Å². The molecule has 0 radical (unpaired) electrons. The summed E-state index contributed by atoms with van der Waals surface area (Å²) in [5.74, 6) is -0.831. The van der Waals surface area contributed by atoms with E-state index in [-0.39, 0.29) is 12.5 Å². The monoisotopic (exact) mass is 357 g/mol. The van der Waals surface area contributed by atoms with Gasteiger partial charge < -0.3 is 9.64 Å². The van der Waals surface area contributed by atoms with Crippen LogP contribution in [0, 0.1) is 6.92 Å². The van der Waals surface area contributed by atoms with E-state index in [1.54, 1.807) is 31.3 Å². The van der Waals surface area contributed by atoms with Crippen LogP contribution in [0.5, 0.6) is 0 Å². The SMILES string of the molecule is Cc1ccc(CN(C)C(=O)COC(=O)/C=C/c2cccc(Cl)c2)cc1. The number of amides is 1. The first-order chi connectivity index (χ1) is 11.9. The molecule has 0 spiro atoms. The number of halogens is 1. The van der Waals surface area contributed by atoms with Gasteiger partial charge in [0.25, 0.3) is 5.91 Å². The second-order valence-corrected chi connectivity index (χ2v) is 6.17. The van der Waals surface area contributed by atoms with Gasteiger partial charge in [0.15, 0.2) is 6.61 Å². The fraction of sp³-hybridized carbons (Fsp3) is 0.200. The van der Waals surface area contributed by atoms with Crippen LogP contribution in [0.4, 0.5) is 0 Å². The summed E-state index contributed by atoms with van der Waals surface area (Å²) in [6.07, 6.45) is 2.87. The molecule has 0 aromatic heterocycles. The molecule has 0 N–H and O–H groups in total. The fourth-order valence-corrected chi connectivity index (χ4v) is 2.32. The topological polar surface area (TPSA) is 46.6 Å². The summed E-state index contributed by atoms with van der Waals surface area (Å²) in [6, 6.07) is 15.0. The number of aryl methyl sites for hydroxylation is 1. The summed E-state index contributed by atoms with van der Waals surface area (Å²) in [5, 5.41) is 0.587. The van der Waals surface area contributed by atoms with Gasteiger partial charge in [-0.2, -0.15) is 0 Å². The van der Waals surface area contributed by atoms with Crippen molar-refractivity contribution in [1.82, 2.24) is 4.90 Å². The van der Waals surface area contributed by atoms with E-state index in [1.807, 2.05) is 37.3 Å². The predicted octanol–water partition coefficient (Wildman–Crippen LogP) is 3.86. The molecule has 4 nitrogen and oxygen atoms in total. The van der Waals surface area contributed by atoms with E-state index in [0.29, 0.717) is 11.6 Å². The molecule has 0 aliphatic rings. The van der Waals surface area contributed by atoms with Gasteiger partial charge >= 0.3 is 5.97 Å². The third-order valence-electron chi connectivity index (χ3n) is 3.56. The number of nitrogens with zero attached hydrogens (tertiary/aromatic N) is 1. The molecule has 0 fully saturated rings. The molecule has 2 rings (SSSR count). The van der Waals surface area contributed by atoms with Gasteiger partial charge in [0.2, 0.25) is 0 Å². The lowest BCUT2D eigenvalue weighted by Gasteiger charge is -2.17. The number of benzene rings is 2. The second kappa shape index (κ2) is 9.04. The van der Waals surface area contributed by atoms with E-state index < -0.39 is 5.97 Å². The molecule has 0 heterocycles. The standard InChI is InChI=1S/C20H20ClNO3/c1-15-6-8-17(9-7-15)13-22(2)19(23)14-25-20(24)11-10-16-4-3-5-18(21)12-16/h3-12H,13-14H2,1-2H3/b11-10+. The lowest BCUT2D eigenvalue weighted by molar-refractivity contribution is -0.147. The Morgan fingerprint density at radius 3 is 2.56 bits per heavy atom. The van der Waals surface area contributed by atoms with E-state index in [1.165, 1.54) is 11.0 Å². The third-order valence-corrected chi connectivity index (χ3v) is 3.80. The summed E-state index contributed by atoms with van der Waals surface area (Å²) in [7, 11) is 1.68. The second-order valence-electron chi connectivity index (χ2n) is 5.73. The van der Waals surface area contributed by atoms with Gasteiger partial charge in [-0.05, 0) is 36.3 Å². The zero-order valence-electron chi connectivity index (χ0n) is 14.2. The fourth-order valence-electron chi connectivity index (χ4n) is 2.12. The van der Waals surface area contributed by atoms with Crippen LogP contribution in [0.15, 0.2) is 54.6 Å².